The van der Waals surface area contributed by atoms with Crippen LogP contribution in [0.3, 0.4) is 0 Å². The Morgan fingerprint density at radius 3 is 2.54 bits per heavy atom. The van der Waals surface area contributed by atoms with Gasteiger partial charge in [-0.15, -0.1) is 0 Å². The zero-order chi connectivity index (χ0) is 17.1. The normalized spacial score (nSPS) is 24.1. The Bertz CT molecular complexity index is 536. The van der Waals surface area contributed by atoms with Gasteiger partial charge >= 0.3 is 0 Å². The molecule has 3 rings (SSSR count). The molecule has 1 unspecified atom stereocenters. The first-order valence-corrected chi connectivity index (χ1v) is 9.75. The molecule has 1 N–H and O–H groups in total. The van der Waals surface area contributed by atoms with Gasteiger partial charge in [-0.2, -0.15) is 5.10 Å². The van der Waals surface area contributed by atoms with E-state index in [-0.39, 0.29) is 0 Å². The van der Waals surface area contributed by atoms with Gasteiger partial charge in [0.05, 0.1) is 5.69 Å². The SMILES string of the molecule is CCn1nc(C)c(CN2CCN(C3CCCC3)C(CCO)C2)c1C. The van der Waals surface area contributed by atoms with Gasteiger partial charge in [-0.1, -0.05) is 12.8 Å². The maximum atomic E-state index is 9.52. The van der Waals surface area contributed by atoms with E-state index in [1.165, 1.54) is 42.6 Å². The summed E-state index contributed by atoms with van der Waals surface area (Å²) < 4.78 is 2.12. The molecule has 1 aromatic heterocycles. The van der Waals surface area contributed by atoms with Gasteiger partial charge in [0.15, 0.2) is 0 Å². The maximum Gasteiger partial charge on any atom is 0.0641 e. The van der Waals surface area contributed by atoms with Crippen LogP contribution in [0.15, 0.2) is 0 Å². The molecule has 5 nitrogen and oxygen atoms in total. The molecule has 5 heteroatoms. The van der Waals surface area contributed by atoms with Gasteiger partial charge in [-0.3, -0.25) is 14.5 Å². The Morgan fingerprint density at radius 1 is 1.17 bits per heavy atom. The summed E-state index contributed by atoms with van der Waals surface area (Å²) >= 11 is 0. The van der Waals surface area contributed by atoms with E-state index in [1.807, 2.05) is 0 Å². The molecule has 0 aromatic carbocycles. The first kappa shape index (κ1) is 17.9. The zero-order valence-corrected chi connectivity index (χ0v) is 15.7. The fourth-order valence-corrected chi connectivity index (χ4v) is 4.69. The third-order valence-electron chi connectivity index (χ3n) is 6.08. The summed E-state index contributed by atoms with van der Waals surface area (Å²) in [6.07, 6.45) is 6.36. The van der Waals surface area contributed by atoms with E-state index in [1.54, 1.807) is 0 Å². The van der Waals surface area contributed by atoms with E-state index in [2.05, 4.69) is 40.4 Å². The third-order valence-corrected chi connectivity index (χ3v) is 6.08. The lowest BCUT2D eigenvalue weighted by Gasteiger charge is -2.44. The summed E-state index contributed by atoms with van der Waals surface area (Å²) in [5.41, 5.74) is 3.88. The summed E-state index contributed by atoms with van der Waals surface area (Å²) in [5, 5.41) is 14.2. The molecule has 1 saturated carbocycles. The minimum Gasteiger partial charge on any atom is -0.396 e. The molecule has 1 aliphatic heterocycles. The van der Waals surface area contributed by atoms with Gasteiger partial charge in [0, 0.05) is 62.7 Å². The molecule has 1 saturated heterocycles. The molecule has 2 heterocycles. The van der Waals surface area contributed by atoms with Crippen molar-refractivity contribution in [2.24, 2.45) is 0 Å². The van der Waals surface area contributed by atoms with Crippen LogP contribution in [-0.2, 0) is 13.1 Å². The van der Waals surface area contributed by atoms with Crippen molar-refractivity contribution in [2.45, 2.75) is 78.0 Å². The molecule has 1 aliphatic carbocycles. The fraction of sp³-hybridized carbons (Fsp3) is 0.842. The molecule has 1 atom stereocenters. The highest BCUT2D eigenvalue weighted by Crippen LogP contribution is 2.28. The Hall–Kier alpha value is -0.910. The van der Waals surface area contributed by atoms with Crippen LogP contribution in [0.1, 0.15) is 56.0 Å². The first-order valence-electron chi connectivity index (χ1n) is 9.75. The number of aryl methyl sites for hydroxylation is 2. The Kier molecular flexibility index (Phi) is 5.95. The van der Waals surface area contributed by atoms with Crippen molar-refractivity contribution in [3.05, 3.63) is 17.0 Å². The monoisotopic (exact) mass is 334 g/mol. The number of hydrogen-bond donors (Lipinski definition) is 1. The highest BCUT2D eigenvalue weighted by Gasteiger charge is 2.33. The van der Waals surface area contributed by atoms with Crippen molar-refractivity contribution < 1.29 is 5.11 Å². The van der Waals surface area contributed by atoms with E-state index in [9.17, 15) is 5.11 Å². The Balaban J connectivity index is 1.67. The van der Waals surface area contributed by atoms with Crippen molar-refractivity contribution in [2.75, 3.05) is 26.2 Å². The summed E-state index contributed by atoms with van der Waals surface area (Å²) in [6.45, 7) is 12.1. The lowest BCUT2D eigenvalue weighted by Crippen LogP contribution is -2.56. The molecule has 0 radical (unpaired) electrons. The lowest BCUT2D eigenvalue weighted by atomic mass is 10.0. The number of hydrogen-bond acceptors (Lipinski definition) is 4. The predicted molar refractivity (Wildman–Crippen MR) is 97.1 cm³/mol. The number of nitrogens with zero attached hydrogens (tertiary/aromatic N) is 4. The maximum absolute atomic E-state index is 9.52. The highest BCUT2D eigenvalue weighted by molar-refractivity contribution is 5.24. The second-order valence-corrected chi connectivity index (χ2v) is 7.54. The summed E-state index contributed by atoms with van der Waals surface area (Å²) in [4.78, 5) is 5.28. The van der Waals surface area contributed by atoms with Gasteiger partial charge in [0.2, 0.25) is 0 Å². The Morgan fingerprint density at radius 2 is 1.92 bits per heavy atom. The number of aliphatic hydroxyl groups is 1. The van der Waals surface area contributed by atoms with Crippen molar-refractivity contribution in [1.29, 1.82) is 0 Å². The average molecular weight is 335 g/mol. The van der Waals surface area contributed by atoms with E-state index in [0.717, 1.165) is 45.2 Å². The standard InChI is InChI=1S/C19H34N4O/c1-4-23-16(3)19(15(2)20-23)14-21-10-11-22(17-7-5-6-8-17)18(13-21)9-12-24/h17-18,24H,4-14H2,1-3H3. The van der Waals surface area contributed by atoms with Crippen LogP contribution >= 0.6 is 0 Å². The van der Waals surface area contributed by atoms with Crippen LogP contribution in [0, 0.1) is 13.8 Å². The number of rotatable bonds is 6. The summed E-state index contributed by atoms with van der Waals surface area (Å²) in [5.74, 6) is 0. The average Bonchev–Trinajstić information content (AvgIpc) is 3.19. The second-order valence-electron chi connectivity index (χ2n) is 7.54. The second kappa shape index (κ2) is 7.98. The van der Waals surface area contributed by atoms with Gasteiger partial charge in [-0.05, 0) is 40.0 Å². The van der Waals surface area contributed by atoms with E-state index >= 15 is 0 Å². The number of piperazine rings is 1. The molecule has 2 fully saturated rings. The highest BCUT2D eigenvalue weighted by atomic mass is 16.3. The van der Waals surface area contributed by atoms with Crippen LogP contribution in [0.5, 0.6) is 0 Å². The number of aromatic nitrogens is 2. The predicted octanol–water partition coefficient (Wildman–Crippen LogP) is 2.33. The molecule has 0 amide bonds. The number of aliphatic hydroxyl groups excluding tert-OH is 1. The lowest BCUT2D eigenvalue weighted by molar-refractivity contribution is 0.0266. The largest absolute Gasteiger partial charge is 0.396 e. The van der Waals surface area contributed by atoms with E-state index in [0.29, 0.717) is 12.6 Å². The van der Waals surface area contributed by atoms with E-state index in [4.69, 9.17) is 0 Å². The van der Waals surface area contributed by atoms with Gasteiger partial charge < -0.3 is 5.11 Å². The Labute approximate surface area is 146 Å². The van der Waals surface area contributed by atoms with Gasteiger partial charge in [0.25, 0.3) is 0 Å². The van der Waals surface area contributed by atoms with Crippen molar-refractivity contribution in [3.8, 4) is 0 Å². The van der Waals surface area contributed by atoms with Gasteiger partial charge in [-0.25, -0.2) is 0 Å². The van der Waals surface area contributed by atoms with Crippen LogP contribution in [0.4, 0.5) is 0 Å². The molecule has 0 spiro atoms. The topological polar surface area (TPSA) is 44.5 Å². The van der Waals surface area contributed by atoms with Crippen LogP contribution in [0.25, 0.3) is 0 Å². The molecular formula is C19H34N4O. The zero-order valence-electron chi connectivity index (χ0n) is 15.7. The molecule has 136 valence electrons. The van der Waals surface area contributed by atoms with Crippen molar-refractivity contribution in [1.82, 2.24) is 19.6 Å². The van der Waals surface area contributed by atoms with Crippen LogP contribution in [-0.4, -0.2) is 63.0 Å². The molecular weight excluding hydrogens is 300 g/mol. The quantitative estimate of drug-likeness (QED) is 0.867. The molecule has 24 heavy (non-hydrogen) atoms. The van der Waals surface area contributed by atoms with Gasteiger partial charge in [0.1, 0.15) is 0 Å². The molecule has 0 bridgehead atoms. The van der Waals surface area contributed by atoms with Crippen molar-refractivity contribution in [3.63, 3.8) is 0 Å². The molecule has 1 aromatic rings. The smallest absolute Gasteiger partial charge is 0.0641 e. The van der Waals surface area contributed by atoms with Crippen LogP contribution < -0.4 is 0 Å². The van der Waals surface area contributed by atoms with Crippen molar-refractivity contribution >= 4 is 0 Å². The summed E-state index contributed by atoms with van der Waals surface area (Å²) in [7, 11) is 0. The first-order chi connectivity index (χ1) is 11.6. The third kappa shape index (κ3) is 3.68. The minimum absolute atomic E-state index is 0.299. The molecule has 2 aliphatic rings. The summed E-state index contributed by atoms with van der Waals surface area (Å²) in [6, 6.07) is 1.27. The minimum atomic E-state index is 0.299. The fourth-order valence-electron chi connectivity index (χ4n) is 4.69. The van der Waals surface area contributed by atoms with Crippen LogP contribution in [0.2, 0.25) is 0 Å². The van der Waals surface area contributed by atoms with E-state index < -0.39 is 0 Å².